The fourth-order valence-corrected chi connectivity index (χ4v) is 2.53. The zero-order valence-corrected chi connectivity index (χ0v) is 13.3. The molecule has 22 heavy (non-hydrogen) atoms. The Morgan fingerprint density at radius 1 is 1.23 bits per heavy atom. The molecular weight excluding hydrogens is 276 g/mol. The molecule has 0 saturated heterocycles. The Hall–Kier alpha value is -1.68. The number of aryl methyl sites for hydroxylation is 1. The van der Waals surface area contributed by atoms with Crippen LogP contribution in [0.5, 0.6) is 0 Å². The molecule has 3 N–H and O–H groups in total. The monoisotopic (exact) mass is 302 g/mol. The lowest BCUT2D eigenvalue weighted by molar-refractivity contribution is -0.121. The summed E-state index contributed by atoms with van der Waals surface area (Å²) in [4.78, 5) is 23.8. The molecule has 2 rings (SSSR count). The molecule has 120 valence electrons. The third-order valence-corrected chi connectivity index (χ3v) is 4.16. The fraction of sp³-hybridized carbons (Fsp3) is 0.556. The van der Waals surface area contributed by atoms with Crippen LogP contribution in [0.2, 0.25) is 0 Å². The van der Waals surface area contributed by atoms with Crippen molar-refractivity contribution in [1.29, 1.82) is 0 Å². The van der Waals surface area contributed by atoms with Crippen LogP contribution in [-0.2, 0) is 11.2 Å². The molecule has 1 atom stereocenters. The summed E-state index contributed by atoms with van der Waals surface area (Å²) in [5.74, 6) is 0.500. The smallest absolute Gasteiger partial charge is 0.220 e. The molecule has 4 nitrogen and oxygen atoms in total. The van der Waals surface area contributed by atoms with Crippen LogP contribution < -0.4 is 11.1 Å². The molecular formula is C18H26N2O2. The van der Waals surface area contributed by atoms with E-state index >= 15 is 0 Å². The van der Waals surface area contributed by atoms with Gasteiger partial charge in [-0.1, -0.05) is 37.6 Å². The minimum absolute atomic E-state index is 0.0182. The summed E-state index contributed by atoms with van der Waals surface area (Å²) in [5, 5.41) is 2.82. The number of carbonyl (C=O) groups is 2. The topological polar surface area (TPSA) is 72.2 Å². The predicted octanol–water partition coefficient (Wildman–Crippen LogP) is 2.46. The summed E-state index contributed by atoms with van der Waals surface area (Å²) < 4.78 is 0. The maximum atomic E-state index is 12.1. The van der Waals surface area contributed by atoms with Gasteiger partial charge in [0.1, 0.15) is 0 Å². The Morgan fingerprint density at radius 3 is 2.50 bits per heavy atom. The van der Waals surface area contributed by atoms with E-state index in [0.29, 0.717) is 18.0 Å². The molecule has 1 aromatic rings. The molecule has 1 aromatic carbocycles. The number of nitrogens with two attached hydrogens (primary N) is 1. The number of rotatable bonds is 9. The van der Waals surface area contributed by atoms with E-state index in [9.17, 15) is 9.59 Å². The van der Waals surface area contributed by atoms with E-state index in [2.05, 4.69) is 12.2 Å². The van der Waals surface area contributed by atoms with Gasteiger partial charge in [-0.25, -0.2) is 0 Å². The van der Waals surface area contributed by atoms with Gasteiger partial charge in [0.25, 0.3) is 0 Å². The molecule has 1 saturated carbocycles. The van der Waals surface area contributed by atoms with E-state index in [4.69, 9.17) is 5.73 Å². The quantitative estimate of drug-likeness (QED) is 0.688. The number of amides is 1. The van der Waals surface area contributed by atoms with Crippen molar-refractivity contribution in [2.24, 2.45) is 11.7 Å². The number of nitrogens with one attached hydrogen (secondary N) is 1. The van der Waals surface area contributed by atoms with Gasteiger partial charge < -0.3 is 11.1 Å². The first-order chi connectivity index (χ1) is 10.6. The van der Waals surface area contributed by atoms with E-state index in [1.165, 1.54) is 18.4 Å². The van der Waals surface area contributed by atoms with Crippen molar-refractivity contribution < 1.29 is 9.59 Å². The first-order valence-electron chi connectivity index (χ1n) is 8.24. The fourth-order valence-electron chi connectivity index (χ4n) is 2.53. The van der Waals surface area contributed by atoms with Gasteiger partial charge in [0.2, 0.25) is 5.91 Å². The van der Waals surface area contributed by atoms with Crippen LogP contribution in [0, 0.1) is 5.92 Å². The molecule has 1 amide bonds. The molecule has 0 spiro atoms. The number of benzene rings is 1. The first kappa shape index (κ1) is 16.7. The van der Waals surface area contributed by atoms with Gasteiger partial charge in [-0.3, -0.25) is 9.59 Å². The number of Topliss-reactive ketones (excluding diaryl/α,β-unsaturated/α-hetero) is 1. The highest BCUT2D eigenvalue weighted by molar-refractivity contribution is 5.97. The molecule has 0 radical (unpaired) electrons. The van der Waals surface area contributed by atoms with Crippen LogP contribution in [0.4, 0.5) is 0 Å². The van der Waals surface area contributed by atoms with E-state index in [0.717, 1.165) is 12.8 Å². The molecule has 0 heterocycles. The van der Waals surface area contributed by atoms with Crippen molar-refractivity contribution in [3.05, 3.63) is 35.4 Å². The highest BCUT2D eigenvalue weighted by atomic mass is 16.2. The molecule has 1 aliphatic carbocycles. The van der Waals surface area contributed by atoms with Gasteiger partial charge in [-0.05, 0) is 30.7 Å². The summed E-state index contributed by atoms with van der Waals surface area (Å²) in [6.45, 7) is 2.65. The molecule has 0 aromatic heterocycles. The summed E-state index contributed by atoms with van der Waals surface area (Å²) in [5.41, 5.74) is 7.86. The first-order valence-corrected chi connectivity index (χ1v) is 8.24. The second-order valence-electron chi connectivity index (χ2n) is 6.18. The van der Waals surface area contributed by atoms with Crippen LogP contribution in [0.25, 0.3) is 0 Å². The van der Waals surface area contributed by atoms with Gasteiger partial charge in [-0.2, -0.15) is 0 Å². The second-order valence-corrected chi connectivity index (χ2v) is 6.18. The van der Waals surface area contributed by atoms with Crippen molar-refractivity contribution >= 4 is 11.7 Å². The van der Waals surface area contributed by atoms with Crippen molar-refractivity contribution in [1.82, 2.24) is 5.32 Å². The van der Waals surface area contributed by atoms with Crippen molar-refractivity contribution in [2.75, 3.05) is 6.54 Å². The molecule has 1 fully saturated rings. The predicted molar refractivity (Wildman–Crippen MR) is 87.7 cm³/mol. The van der Waals surface area contributed by atoms with Gasteiger partial charge >= 0.3 is 0 Å². The zero-order valence-electron chi connectivity index (χ0n) is 13.3. The average molecular weight is 302 g/mol. The summed E-state index contributed by atoms with van der Waals surface area (Å²) in [6.07, 6.45) is 4.94. The Balaban J connectivity index is 1.70. The highest BCUT2D eigenvalue weighted by Crippen LogP contribution is 2.31. The number of carbonyl (C=O) groups excluding carboxylic acids is 2. The SMILES string of the molecule is CCCc1ccc(C(=O)CCC(=O)NCC(N)C2CC2)cc1. The molecule has 0 aliphatic heterocycles. The Bertz CT molecular complexity index is 506. The minimum Gasteiger partial charge on any atom is -0.355 e. The van der Waals surface area contributed by atoms with Gasteiger partial charge in [0, 0.05) is 31.0 Å². The van der Waals surface area contributed by atoms with E-state index in [1.54, 1.807) is 0 Å². The van der Waals surface area contributed by atoms with Crippen LogP contribution in [0.15, 0.2) is 24.3 Å². The maximum absolute atomic E-state index is 12.1. The molecule has 0 bridgehead atoms. The van der Waals surface area contributed by atoms with Gasteiger partial charge in [0.05, 0.1) is 0 Å². The second kappa shape index (κ2) is 8.08. The van der Waals surface area contributed by atoms with Gasteiger partial charge in [-0.15, -0.1) is 0 Å². The minimum atomic E-state index is -0.0907. The lowest BCUT2D eigenvalue weighted by atomic mass is 10.0. The lowest BCUT2D eigenvalue weighted by Crippen LogP contribution is -2.38. The third kappa shape index (κ3) is 5.26. The van der Waals surface area contributed by atoms with Crippen molar-refractivity contribution in [3.63, 3.8) is 0 Å². The van der Waals surface area contributed by atoms with Crippen molar-refractivity contribution in [3.8, 4) is 0 Å². The summed E-state index contributed by atoms with van der Waals surface area (Å²) in [6, 6.07) is 7.75. The number of hydrogen-bond acceptors (Lipinski definition) is 3. The number of ketones is 1. The zero-order chi connectivity index (χ0) is 15.9. The van der Waals surface area contributed by atoms with E-state index < -0.39 is 0 Å². The van der Waals surface area contributed by atoms with Crippen LogP contribution in [0.3, 0.4) is 0 Å². The Morgan fingerprint density at radius 2 is 1.91 bits per heavy atom. The summed E-state index contributed by atoms with van der Waals surface area (Å²) >= 11 is 0. The average Bonchev–Trinajstić information content (AvgIpc) is 3.36. The van der Waals surface area contributed by atoms with Crippen LogP contribution in [-0.4, -0.2) is 24.3 Å². The van der Waals surface area contributed by atoms with Crippen LogP contribution >= 0.6 is 0 Å². The Labute approximate surface area is 132 Å². The van der Waals surface area contributed by atoms with Crippen LogP contribution in [0.1, 0.15) is 54.9 Å². The standard InChI is InChI=1S/C18H26N2O2/c1-2-3-13-4-6-15(7-5-13)17(21)10-11-18(22)20-12-16(19)14-8-9-14/h4-7,14,16H,2-3,8-12,19H2,1H3,(H,20,22). The maximum Gasteiger partial charge on any atom is 0.220 e. The van der Waals surface area contributed by atoms with E-state index in [1.807, 2.05) is 24.3 Å². The summed E-state index contributed by atoms with van der Waals surface area (Å²) in [7, 11) is 0. The molecule has 1 aliphatic rings. The third-order valence-electron chi connectivity index (χ3n) is 4.16. The lowest BCUT2D eigenvalue weighted by Gasteiger charge is -2.11. The Kier molecular flexibility index (Phi) is 6.13. The normalized spacial score (nSPS) is 15.4. The van der Waals surface area contributed by atoms with E-state index in [-0.39, 0.29) is 30.6 Å². The molecule has 1 unspecified atom stereocenters. The largest absolute Gasteiger partial charge is 0.355 e. The van der Waals surface area contributed by atoms with Crippen molar-refractivity contribution in [2.45, 2.75) is 51.5 Å². The van der Waals surface area contributed by atoms with Gasteiger partial charge in [0.15, 0.2) is 5.78 Å². The number of hydrogen-bond donors (Lipinski definition) is 2. The highest BCUT2D eigenvalue weighted by Gasteiger charge is 2.28. The molecule has 4 heteroatoms.